The maximum absolute atomic E-state index is 5.66. The number of ether oxygens (including phenoxy) is 1. The maximum Gasteiger partial charge on any atom is 0.121 e. The molecule has 4 nitrogen and oxygen atoms in total. The first-order valence-corrected chi connectivity index (χ1v) is 5.50. The van der Waals surface area contributed by atoms with E-state index in [2.05, 4.69) is 9.97 Å². The van der Waals surface area contributed by atoms with Crippen LogP contribution in [0.4, 0.5) is 5.69 Å². The Morgan fingerprint density at radius 1 is 1.24 bits per heavy atom. The van der Waals surface area contributed by atoms with E-state index in [9.17, 15) is 0 Å². The molecule has 0 saturated carbocycles. The molecule has 0 atom stereocenters. The number of benzene rings is 1. The quantitative estimate of drug-likeness (QED) is 0.814. The zero-order valence-corrected chi connectivity index (χ0v) is 9.76. The monoisotopic (exact) mass is 229 g/mol. The molecule has 0 radical (unpaired) electrons. The van der Waals surface area contributed by atoms with Gasteiger partial charge >= 0.3 is 0 Å². The van der Waals surface area contributed by atoms with Gasteiger partial charge in [0.25, 0.3) is 0 Å². The van der Waals surface area contributed by atoms with Gasteiger partial charge in [0.15, 0.2) is 0 Å². The number of rotatable bonds is 4. The van der Waals surface area contributed by atoms with Gasteiger partial charge in [-0.25, -0.2) is 9.97 Å². The smallest absolute Gasteiger partial charge is 0.121 e. The van der Waals surface area contributed by atoms with Gasteiger partial charge in [0.1, 0.15) is 12.1 Å². The molecule has 0 unspecified atom stereocenters. The lowest BCUT2D eigenvalue weighted by atomic mass is 10.2. The van der Waals surface area contributed by atoms with E-state index in [1.807, 2.05) is 37.3 Å². The molecule has 0 aliphatic carbocycles. The summed E-state index contributed by atoms with van der Waals surface area (Å²) in [5.74, 6) is 0.788. The standard InChI is InChI=1S/C13H15N3O/c1-10-7-12(16-9-15-10)5-6-17-13-4-2-3-11(14)8-13/h2-4,7-9H,5-6,14H2,1H3. The van der Waals surface area contributed by atoms with Gasteiger partial charge < -0.3 is 10.5 Å². The highest BCUT2D eigenvalue weighted by molar-refractivity contribution is 5.43. The summed E-state index contributed by atoms with van der Waals surface area (Å²) in [5, 5.41) is 0. The van der Waals surface area contributed by atoms with Crippen LogP contribution in [0.3, 0.4) is 0 Å². The molecule has 0 fully saturated rings. The molecule has 17 heavy (non-hydrogen) atoms. The highest BCUT2D eigenvalue weighted by Gasteiger charge is 1.98. The molecule has 2 rings (SSSR count). The number of nitrogens with zero attached hydrogens (tertiary/aromatic N) is 2. The molecule has 1 aromatic carbocycles. The third-order valence-corrected chi connectivity index (χ3v) is 2.35. The Balaban J connectivity index is 1.87. The van der Waals surface area contributed by atoms with Crippen molar-refractivity contribution in [1.29, 1.82) is 0 Å². The maximum atomic E-state index is 5.66. The zero-order chi connectivity index (χ0) is 12.1. The van der Waals surface area contributed by atoms with Crippen LogP contribution in [0.15, 0.2) is 36.7 Å². The molecule has 0 saturated heterocycles. The summed E-state index contributed by atoms with van der Waals surface area (Å²) in [4.78, 5) is 8.22. The van der Waals surface area contributed by atoms with Gasteiger partial charge in [-0.05, 0) is 25.1 Å². The summed E-state index contributed by atoms with van der Waals surface area (Å²) < 4.78 is 5.59. The molecular weight excluding hydrogens is 214 g/mol. The largest absolute Gasteiger partial charge is 0.493 e. The summed E-state index contributed by atoms with van der Waals surface area (Å²) in [6, 6.07) is 9.37. The Kier molecular flexibility index (Phi) is 3.55. The van der Waals surface area contributed by atoms with Crippen molar-refractivity contribution in [2.24, 2.45) is 0 Å². The Labute approximate surface area is 100 Å². The number of aryl methyl sites for hydroxylation is 1. The second-order valence-corrected chi connectivity index (χ2v) is 3.82. The number of aromatic nitrogens is 2. The van der Waals surface area contributed by atoms with E-state index < -0.39 is 0 Å². The second-order valence-electron chi connectivity index (χ2n) is 3.82. The second kappa shape index (κ2) is 5.30. The minimum atomic E-state index is 0.583. The lowest BCUT2D eigenvalue weighted by Gasteiger charge is -2.06. The van der Waals surface area contributed by atoms with Gasteiger partial charge in [-0.1, -0.05) is 6.07 Å². The van der Waals surface area contributed by atoms with Crippen molar-refractivity contribution in [1.82, 2.24) is 9.97 Å². The van der Waals surface area contributed by atoms with Crippen molar-refractivity contribution < 1.29 is 4.74 Å². The molecule has 0 aliphatic heterocycles. The van der Waals surface area contributed by atoms with Crippen molar-refractivity contribution >= 4 is 5.69 Å². The van der Waals surface area contributed by atoms with Gasteiger partial charge in [-0.3, -0.25) is 0 Å². The van der Waals surface area contributed by atoms with Crippen LogP contribution in [0.25, 0.3) is 0 Å². The predicted molar refractivity (Wildman–Crippen MR) is 66.8 cm³/mol. The van der Waals surface area contributed by atoms with E-state index in [1.165, 1.54) is 0 Å². The topological polar surface area (TPSA) is 61.0 Å². The minimum absolute atomic E-state index is 0.583. The van der Waals surface area contributed by atoms with Crippen molar-refractivity contribution in [2.75, 3.05) is 12.3 Å². The van der Waals surface area contributed by atoms with Crippen LogP contribution in [0, 0.1) is 6.92 Å². The van der Waals surface area contributed by atoms with Crippen molar-refractivity contribution in [3.63, 3.8) is 0 Å². The normalized spacial score (nSPS) is 10.2. The van der Waals surface area contributed by atoms with Crippen LogP contribution in [-0.4, -0.2) is 16.6 Å². The summed E-state index contributed by atoms with van der Waals surface area (Å²) in [5.41, 5.74) is 8.33. The Morgan fingerprint density at radius 2 is 2.12 bits per heavy atom. The minimum Gasteiger partial charge on any atom is -0.493 e. The fourth-order valence-electron chi connectivity index (χ4n) is 1.52. The Bertz CT molecular complexity index is 454. The molecule has 88 valence electrons. The first kappa shape index (κ1) is 11.4. The lowest BCUT2D eigenvalue weighted by molar-refractivity contribution is 0.320. The van der Waals surface area contributed by atoms with Gasteiger partial charge in [-0.2, -0.15) is 0 Å². The Morgan fingerprint density at radius 3 is 2.88 bits per heavy atom. The van der Waals surface area contributed by atoms with E-state index in [0.717, 1.165) is 23.6 Å². The molecule has 2 aromatic rings. The highest BCUT2D eigenvalue weighted by Crippen LogP contribution is 2.14. The molecule has 0 amide bonds. The molecule has 2 N–H and O–H groups in total. The SMILES string of the molecule is Cc1cc(CCOc2cccc(N)c2)ncn1. The molecule has 0 bridgehead atoms. The van der Waals surface area contributed by atoms with Gasteiger partial charge in [0, 0.05) is 29.6 Å². The first-order chi connectivity index (χ1) is 8.24. The van der Waals surface area contributed by atoms with Crippen LogP contribution in [-0.2, 0) is 6.42 Å². The zero-order valence-electron chi connectivity index (χ0n) is 9.76. The number of nitrogens with two attached hydrogens (primary N) is 1. The van der Waals surface area contributed by atoms with Gasteiger partial charge in [0.2, 0.25) is 0 Å². The Hall–Kier alpha value is -2.10. The predicted octanol–water partition coefficient (Wildman–Crippen LogP) is 1.99. The van der Waals surface area contributed by atoms with Crippen LogP contribution in [0.5, 0.6) is 5.75 Å². The summed E-state index contributed by atoms with van der Waals surface area (Å²) in [6.07, 6.45) is 2.34. The van der Waals surface area contributed by atoms with Crippen molar-refractivity contribution in [3.8, 4) is 5.75 Å². The summed E-state index contributed by atoms with van der Waals surface area (Å²) in [6.45, 7) is 2.53. The van der Waals surface area contributed by atoms with E-state index >= 15 is 0 Å². The van der Waals surface area contributed by atoms with Crippen molar-refractivity contribution in [2.45, 2.75) is 13.3 Å². The van der Waals surface area contributed by atoms with Gasteiger partial charge in [-0.15, -0.1) is 0 Å². The summed E-state index contributed by atoms with van der Waals surface area (Å²) >= 11 is 0. The molecule has 0 aliphatic rings. The van der Waals surface area contributed by atoms with Crippen LogP contribution < -0.4 is 10.5 Å². The summed E-state index contributed by atoms with van der Waals surface area (Å²) in [7, 11) is 0. The first-order valence-electron chi connectivity index (χ1n) is 5.50. The average molecular weight is 229 g/mol. The van der Waals surface area contributed by atoms with Crippen LogP contribution in [0.1, 0.15) is 11.4 Å². The lowest BCUT2D eigenvalue weighted by Crippen LogP contribution is -2.03. The fourth-order valence-corrected chi connectivity index (χ4v) is 1.52. The van der Waals surface area contributed by atoms with E-state index in [1.54, 1.807) is 6.33 Å². The highest BCUT2D eigenvalue weighted by atomic mass is 16.5. The molecule has 4 heteroatoms. The molecule has 1 aromatic heterocycles. The van der Waals surface area contributed by atoms with Crippen LogP contribution in [0.2, 0.25) is 0 Å². The van der Waals surface area contributed by atoms with E-state index in [0.29, 0.717) is 12.3 Å². The van der Waals surface area contributed by atoms with Gasteiger partial charge in [0.05, 0.1) is 6.61 Å². The molecule has 1 heterocycles. The fraction of sp³-hybridized carbons (Fsp3) is 0.231. The molecular formula is C13H15N3O. The number of hydrogen-bond acceptors (Lipinski definition) is 4. The number of nitrogen functional groups attached to an aromatic ring is 1. The van der Waals surface area contributed by atoms with E-state index in [4.69, 9.17) is 10.5 Å². The number of anilines is 1. The van der Waals surface area contributed by atoms with Crippen molar-refractivity contribution in [3.05, 3.63) is 48.0 Å². The average Bonchev–Trinajstić information content (AvgIpc) is 2.29. The number of hydrogen-bond donors (Lipinski definition) is 1. The van der Waals surface area contributed by atoms with E-state index in [-0.39, 0.29) is 0 Å². The third-order valence-electron chi connectivity index (χ3n) is 2.35. The third kappa shape index (κ3) is 3.45. The van der Waals surface area contributed by atoms with Crippen LogP contribution >= 0.6 is 0 Å². The molecule has 0 spiro atoms.